The molecule has 1 aliphatic heterocycles. The van der Waals surface area contributed by atoms with Crippen molar-refractivity contribution in [3.63, 3.8) is 0 Å². The number of hydrogen-bond acceptors (Lipinski definition) is 6. The van der Waals surface area contributed by atoms with Crippen LogP contribution in [0.15, 0.2) is 48.8 Å². The number of carbonyl (C=O) groups excluding carboxylic acids is 1. The van der Waals surface area contributed by atoms with Crippen molar-refractivity contribution in [1.29, 1.82) is 0 Å². The number of halogens is 2. The first-order chi connectivity index (χ1) is 14.5. The number of thiophene rings is 1. The van der Waals surface area contributed by atoms with E-state index in [0.29, 0.717) is 0 Å². The highest BCUT2D eigenvalue weighted by atomic mass is 32.1. The summed E-state index contributed by atoms with van der Waals surface area (Å²) in [5.74, 6) is -2.50. The maximum atomic E-state index is 14.0. The molecule has 0 bridgehead atoms. The van der Waals surface area contributed by atoms with Crippen molar-refractivity contribution >= 4 is 27.8 Å². The van der Waals surface area contributed by atoms with Crippen LogP contribution in [0.5, 0.6) is 0 Å². The van der Waals surface area contributed by atoms with Crippen LogP contribution in [0.4, 0.5) is 19.5 Å². The van der Waals surface area contributed by atoms with E-state index in [0.717, 1.165) is 60.9 Å². The lowest BCUT2D eigenvalue weighted by atomic mass is 10.0. The highest BCUT2D eigenvalue weighted by Crippen LogP contribution is 2.33. The van der Waals surface area contributed by atoms with Crippen LogP contribution in [0, 0.1) is 11.6 Å². The van der Waals surface area contributed by atoms with Crippen molar-refractivity contribution < 1.29 is 13.6 Å². The summed E-state index contributed by atoms with van der Waals surface area (Å²) >= 11 is 1.14. The molecule has 5 nitrogen and oxygen atoms in total. The number of anilines is 2. The molecule has 0 spiro atoms. The Morgan fingerprint density at radius 2 is 1.83 bits per heavy atom. The Balaban J connectivity index is 1.38. The Morgan fingerprint density at radius 1 is 1.17 bits per heavy atom. The predicted octanol–water partition coefficient (Wildman–Crippen LogP) is 4.31. The van der Waals surface area contributed by atoms with Crippen molar-refractivity contribution in [2.45, 2.75) is 25.4 Å². The van der Waals surface area contributed by atoms with Gasteiger partial charge in [-0.25, -0.2) is 8.78 Å². The Bertz CT molecular complexity index is 1010. The summed E-state index contributed by atoms with van der Waals surface area (Å²) in [7, 11) is 0. The molecule has 0 radical (unpaired) electrons. The van der Waals surface area contributed by atoms with Gasteiger partial charge < -0.3 is 11.1 Å². The van der Waals surface area contributed by atoms with Gasteiger partial charge in [-0.05, 0) is 48.7 Å². The molecule has 0 atom stereocenters. The lowest BCUT2D eigenvalue weighted by Gasteiger charge is -2.32. The van der Waals surface area contributed by atoms with E-state index in [1.807, 2.05) is 12.1 Å². The summed E-state index contributed by atoms with van der Waals surface area (Å²) in [6, 6.07) is 9.33. The van der Waals surface area contributed by atoms with Gasteiger partial charge in [0.15, 0.2) is 0 Å². The Kier molecular flexibility index (Phi) is 6.06. The highest BCUT2D eigenvalue weighted by Gasteiger charge is 2.24. The second-order valence-corrected chi connectivity index (χ2v) is 8.42. The molecule has 0 saturated carbocycles. The first kappa shape index (κ1) is 20.4. The number of pyridine rings is 1. The number of nitrogens with two attached hydrogens (primary N) is 1. The molecule has 1 saturated heterocycles. The largest absolute Gasteiger partial charge is 0.397 e. The maximum Gasteiger partial charge on any atom is 0.211 e. The minimum Gasteiger partial charge on any atom is -0.397 e. The molecule has 1 fully saturated rings. The number of hydrogen-bond donors (Lipinski definition) is 2. The molecule has 30 heavy (non-hydrogen) atoms. The SMILES string of the molecule is Nc1cc(NC2CCN(Cc3ccncc3)CC2)sc1C(=O)c1c(F)cccc1F. The van der Waals surface area contributed by atoms with E-state index < -0.39 is 23.0 Å². The number of piperidine rings is 1. The third-order valence-corrected chi connectivity index (χ3v) is 6.33. The number of benzene rings is 1. The molecule has 2 aromatic heterocycles. The van der Waals surface area contributed by atoms with E-state index in [1.165, 1.54) is 11.6 Å². The molecule has 0 amide bonds. The van der Waals surface area contributed by atoms with Crippen molar-refractivity contribution in [2.75, 3.05) is 24.1 Å². The molecular formula is C22H22F2N4OS. The third-order valence-electron chi connectivity index (χ3n) is 5.25. The normalized spacial score (nSPS) is 15.3. The fraction of sp³-hybridized carbons (Fsp3) is 0.273. The van der Waals surface area contributed by atoms with Gasteiger partial charge in [-0.3, -0.25) is 14.7 Å². The summed E-state index contributed by atoms with van der Waals surface area (Å²) in [6.07, 6.45) is 5.51. The number of likely N-dealkylation sites (tertiary alicyclic amines) is 1. The van der Waals surface area contributed by atoms with Crippen molar-refractivity contribution in [3.05, 3.63) is 76.4 Å². The zero-order chi connectivity index (χ0) is 21.1. The van der Waals surface area contributed by atoms with E-state index in [2.05, 4.69) is 15.2 Å². The standard InChI is InChI=1S/C22H22F2N4OS/c23-16-2-1-3-17(24)20(16)21(29)22-18(25)12-19(30-22)27-15-6-10-28(11-7-15)13-14-4-8-26-9-5-14/h1-5,8-9,12,15,27H,6-7,10-11,13,25H2. The van der Waals surface area contributed by atoms with Crippen LogP contribution >= 0.6 is 11.3 Å². The number of nitrogens with one attached hydrogen (secondary N) is 1. The number of carbonyl (C=O) groups is 1. The van der Waals surface area contributed by atoms with Crippen molar-refractivity contribution in [3.8, 4) is 0 Å². The quantitative estimate of drug-likeness (QED) is 0.573. The molecule has 3 N–H and O–H groups in total. The molecule has 1 aliphatic rings. The Hall–Kier alpha value is -2.84. The molecule has 3 aromatic rings. The zero-order valence-corrected chi connectivity index (χ0v) is 17.1. The second-order valence-electron chi connectivity index (χ2n) is 7.37. The lowest BCUT2D eigenvalue weighted by molar-refractivity contribution is 0.103. The molecule has 0 aliphatic carbocycles. The fourth-order valence-electron chi connectivity index (χ4n) is 3.66. The number of ketones is 1. The van der Waals surface area contributed by atoms with Gasteiger partial charge >= 0.3 is 0 Å². The van der Waals surface area contributed by atoms with E-state index in [9.17, 15) is 13.6 Å². The molecule has 156 valence electrons. The molecule has 1 aromatic carbocycles. The van der Waals surface area contributed by atoms with Gasteiger partial charge in [0.05, 0.1) is 16.3 Å². The first-order valence-electron chi connectivity index (χ1n) is 9.77. The molecule has 3 heterocycles. The molecule has 0 unspecified atom stereocenters. The smallest absolute Gasteiger partial charge is 0.211 e. The molecule has 8 heteroatoms. The summed E-state index contributed by atoms with van der Waals surface area (Å²) in [4.78, 5) is 19.2. The molecule has 4 rings (SSSR count). The highest BCUT2D eigenvalue weighted by molar-refractivity contribution is 7.18. The topological polar surface area (TPSA) is 71.2 Å². The Morgan fingerprint density at radius 3 is 2.50 bits per heavy atom. The van der Waals surface area contributed by atoms with E-state index in [1.54, 1.807) is 18.5 Å². The lowest BCUT2D eigenvalue weighted by Crippen LogP contribution is -2.38. The van der Waals surface area contributed by atoms with Crippen LogP contribution in [0.1, 0.15) is 33.6 Å². The van der Waals surface area contributed by atoms with E-state index in [-0.39, 0.29) is 16.6 Å². The minimum absolute atomic E-state index is 0.150. The average Bonchev–Trinajstić information content (AvgIpc) is 3.10. The van der Waals surface area contributed by atoms with E-state index in [4.69, 9.17) is 5.73 Å². The first-order valence-corrected chi connectivity index (χ1v) is 10.6. The second kappa shape index (κ2) is 8.89. The summed E-state index contributed by atoms with van der Waals surface area (Å²) in [6.45, 7) is 2.80. The zero-order valence-electron chi connectivity index (χ0n) is 16.3. The summed E-state index contributed by atoms with van der Waals surface area (Å²) < 4.78 is 27.9. The number of rotatable bonds is 6. The van der Waals surface area contributed by atoms with Crippen molar-refractivity contribution in [2.24, 2.45) is 0 Å². The number of aromatic nitrogens is 1. The van der Waals surface area contributed by atoms with Crippen LogP contribution in [-0.2, 0) is 6.54 Å². The molecular weight excluding hydrogens is 406 g/mol. The Labute approximate surface area is 177 Å². The third kappa shape index (κ3) is 4.49. The number of nitrogens with zero attached hydrogens (tertiary/aromatic N) is 2. The van der Waals surface area contributed by atoms with Crippen LogP contribution < -0.4 is 11.1 Å². The fourth-order valence-corrected chi connectivity index (χ4v) is 4.67. The van der Waals surface area contributed by atoms with Gasteiger partial charge in [-0.2, -0.15) is 0 Å². The van der Waals surface area contributed by atoms with E-state index >= 15 is 0 Å². The van der Waals surface area contributed by atoms with Crippen molar-refractivity contribution in [1.82, 2.24) is 9.88 Å². The maximum absolute atomic E-state index is 14.0. The van der Waals surface area contributed by atoms with Crippen LogP contribution in [0.3, 0.4) is 0 Å². The minimum atomic E-state index is -0.885. The van der Waals surface area contributed by atoms with Gasteiger partial charge in [0, 0.05) is 38.1 Å². The summed E-state index contributed by atoms with van der Waals surface area (Å²) in [5, 5.41) is 4.16. The monoisotopic (exact) mass is 428 g/mol. The summed E-state index contributed by atoms with van der Waals surface area (Å²) in [5.41, 5.74) is 6.89. The van der Waals surface area contributed by atoms with Gasteiger partial charge in [0.1, 0.15) is 16.5 Å². The van der Waals surface area contributed by atoms with Gasteiger partial charge in [-0.15, -0.1) is 11.3 Å². The van der Waals surface area contributed by atoms with Gasteiger partial charge in [0.2, 0.25) is 5.78 Å². The van der Waals surface area contributed by atoms with Gasteiger partial charge in [-0.1, -0.05) is 6.07 Å². The van der Waals surface area contributed by atoms with Gasteiger partial charge in [0.25, 0.3) is 0 Å². The van der Waals surface area contributed by atoms with Crippen LogP contribution in [0.2, 0.25) is 0 Å². The predicted molar refractivity (Wildman–Crippen MR) is 115 cm³/mol. The number of nitrogen functional groups attached to an aromatic ring is 1. The average molecular weight is 429 g/mol. The van der Waals surface area contributed by atoms with Crippen LogP contribution in [-0.4, -0.2) is 34.8 Å². The van der Waals surface area contributed by atoms with Crippen LogP contribution in [0.25, 0.3) is 0 Å².